The lowest BCUT2D eigenvalue weighted by Crippen LogP contribution is -2.22. The first-order valence-electron chi connectivity index (χ1n) is 8.73. The van der Waals surface area contributed by atoms with Crippen LogP contribution in [0, 0.1) is 10.1 Å². The first-order chi connectivity index (χ1) is 14.0. The van der Waals surface area contributed by atoms with E-state index in [0.29, 0.717) is 11.3 Å². The van der Waals surface area contributed by atoms with Gasteiger partial charge in [-0.3, -0.25) is 20.2 Å². The van der Waals surface area contributed by atoms with Crippen molar-refractivity contribution in [2.24, 2.45) is 0 Å². The van der Waals surface area contributed by atoms with Crippen molar-refractivity contribution in [3.63, 3.8) is 0 Å². The molecule has 1 aliphatic rings. The molecule has 2 N–H and O–H groups in total. The fourth-order valence-corrected chi connectivity index (χ4v) is 3.05. The third-order valence-electron chi connectivity index (χ3n) is 4.48. The van der Waals surface area contributed by atoms with E-state index in [4.69, 9.17) is 4.74 Å². The van der Waals surface area contributed by atoms with Crippen LogP contribution in [0.2, 0.25) is 0 Å². The Kier molecular flexibility index (Phi) is 4.66. The predicted octanol–water partition coefficient (Wildman–Crippen LogP) is 3.51. The molecule has 0 atom stereocenters. The van der Waals surface area contributed by atoms with E-state index < -0.39 is 16.9 Å². The molecule has 0 radical (unpaired) electrons. The number of imide groups is 1. The summed E-state index contributed by atoms with van der Waals surface area (Å²) in [6.07, 6.45) is 1.58. The van der Waals surface area contributed by atoms with E-state index in [9.17, 15) is 19.7 Å². The zero-order chi connectivity index (χ0) is 20.4. The van der Waals surface area contributed by atoms with Gasteiger partial charge in [0.15, 0.2) is 0 Å². The second-order valence-corrected chi connectivity index (χ2v) is 6.38. The molecule has 1 heterocycles. The zero-order valence-corrected chi connectivity index (χ0v) is 15.0. The number of nitro groups is 1. The molecule has 4 rings (SSSR count). The smallest absolute Gasteiger partial charge is 0.326 e. The summed E-state index contributed by atoms with van der Waals surface area (Å²) in [7, 11) is 0. The first-order valence-corrected chi connectivity index (χ1v) is 8.73. The van der Waals surface area contributed by atoms with Crippen LogP contribution in [0.25, 0.3) is 16.8 Å². The second-order valence-electron chi connectivity index (χ2n) is 6.38. The van der Waals surface area contributed by atoms with Crippen LogP contribution in [0.4, 0.5) is 10.5 Å². The molecule has 0 bridgehead atoms. The number of benzene rings is 3. The number of ether oxygens (including phenoxy) is 1. The minimum atomic E-state index is -0.574. The Balaban J connectivity index is 1.68. The highest BCUT2D eigenvalue weighted by Gasteiger charge is 2.23. The van der Waals surface area contributed by atoms with Crippen molar-refractivity contribution in [3.8, 4) is 5.75 Å². The van der Waals surface area contributed by atoms with Gasteiger partial charge in [-0.1, -0.05) is 30.3 Å². The van der Waals surface area contributed by atoms with Gasteiger partial charge in [0.2, 0.25) is 0 Å². The van der Waals surface area contributed by atoms with E-state index in [0.717, 1.165) is 16.3 Å². The van der Waals surface area contributed by atoms with E-state index >= 15 is 0 Å². The van der Waals surface area contributed by atoms with Crippen molar-refractivity contribution in [1.29, 1.82) is 0 Å². The summed E-state index contributed by atoms with van der Waals surface area (Å²) in [6.45, 7) is 0.186. The maximum atomic E-state index is 11.9. The molecular formula is C21H15N3O5. The Bertz CT molecular complexity index is 1170. The van der Waals surface area contributed by atoms with Crippen molar-refractivity contribution in [2.45, 2.75) is 6.61 Å². The van der Waals surface area contributed by atoms with Crippen LogP contribution in [-0.2, 0) is 11.4 Å². The summed E-state index contributed by atoms with van der Waals surface area (Å²) < 4.78 is 5.95. The maximum Gasteiger partial charge on any atom is 0.326 e. The molecule has 1 fully saturated rings. The summed E-state index contributed by atoms with van der Waals surface area (Å²) in [5.74, 6) is 0.00718. The van der Waals surface area contributed by atoms with Crippen molar-refractivity contribution in [3.05, 3.63) is 87.6 Å². The molecule has 29 heavy (non-hydrogen) atoms. The van der Waals surface area contributed by atoms with Gasteiger partial charge in [-0.2, -0.15) is 0 Å². The van der Waals surface area contributed by atoms with Gasteiger partial charge < -0.3 is 10.1 Å². The van der Waals surface area contributed by atoms with Gasteiger partial charge in [-0.05, 0) is 40.6 Å². The summed E-state index contributed by atoms with van der Waals surface area (Å²) in [6, 6.07) is 16.8. The van der Waals surface area contributed by atoms with Crippen LogP contribution in [0.3, 0.4) is 0 Å². The summed E-state index contributed by atoms with van der Waals surface area (Å²) in [5, 5.41) is 17.2. The number of nitrogens with one attached hydrogen (secondary N) is 2. The van der Waals surface area contributed by atoms with E-state index in [2.05, 4.69) is 10.6 Å². The number of carbonyl (C=O) groups excluding carboxylic acids is 2. The maximum absolute atomic E-state index is 11.9. The van der Waals surface area contributed by atoms with E-state index in [1.807, 2.05) is 30.3 Å². The van der Waals surface area contributed by atoms with Gasteiger partial charge in [0, 0.05) is 17.7 Å². The number of nitrogens with zero attached hydrogens (tertiary/aromatic N) is 1. The monoisotopic (exact) mass is 389 g/mol. The number of urea groups is 1. The van der Waals surface area contributed by atoms with Gasteiger partial charge in [-0.15, -0.1) is 0 Å². The fourth-order valence-electron chi connectivity index (χ4n) is 3.05. The van der Waals surface area contributed by atoms with Gasteiger partial charge >= 0.3 is 6.03 Å². The Morgan fingerprint density at radius 3 is 2.41 bits per heavy atom. The number of hydrogen-bond acceptors (Lipinski definition) is 5. The Morgan fingerprint density at radius 1 is 0.966 bits per heavy atom. The molecule has 0 unspecified atom stereocenters. The number of non-ortho nitro benzene ring substituents is 1. The number of nitro benzene ring substituents is 1. The summed E-state index contributed by atoms with van der Waals surface area (Å²) in [4.78, 5) is 33.7. The van der Waals surface area contributed by atoms with Gasteiger partial charge in [-0.25, -0.2) is 4.79 Å². The Labute approximate surface area is 164 Å². The molecule has 144 valence electrons. The molecule has 8 nitrogen and oxygen atoms in total. The van der Waals surface area contributed by atoms with Crippen molar-refractivity contribution in [2.75, 3.05) is 0 Å². The lowest BCUT2D eigenvalue weighted by Gasteiger charge is -2.13. The number of rotatable bonds is 5. The van der Waals surface area contributed by atoms with Gasteiger partial charge in [0.05, 0.1) is 4.92 Å². The summed E-state index contributed by atoms with van der Waals surface area (Å²) >= 11 is 0. The third kappa shape index (κ3) is 3.77. The largest absolute Gasteiger partial charge is 0.488 e. The van der Waals surface area contributed by atoms with Crippen LogP contribution in [0.1, 0.15) is 11.1 Å². The molecule has 8 heteroatoms. The van der Waals surface area contributed by atoms with E-state index in [-0.39, 0.29) is 18.0 Å². The van der Waals surface area contributed by atoms with Crippen LogP contribution in [-0.4, -0.2) is 16.9 Å². The van der Waals surface area contributed by atoms with Crippen LogP contribution in [0.15, 0.2) is 66.4 Å². The standard InChI is InChI=1S/C21H15N3O5/c25-20-18(22-21(26)23-20)11-17-16-4-2-1-3-14(16)7-10-19(17)29-12-13-5-8-15(9-6-13)24(27)28/h1-11H,12H2,(H2,22,23,25,26). The highest BCUT2D eigenvalue weighted by Crippen LogP contribution is 2.31. The van der Waals surface area contributed by atoms with Crippen molar-refractivity contribution < 1.29 is 19.2 Å². The molecule has 3 amide bonds. The average molecular weight is 389 g/mol. The number of amides is 3. The topological polar surface area (TPSA) is 111 Å². The summed E-state index contributed by atoms with van der Waals surface area (Å²) in [5.41, 5.74) is 1.55. The molecular weight excluding hydrogens is 374 g/mol. The minimum absolute atomic E-state index is 0.00728. The molecule has 1 saturated heterocycles. The van der Waals surface area contributed by atoms with Crippen LogP contribution >= 0.6 is 0 Å². The van der Waals surface area contributed by atoms with Crippen molar-refractivity contribution in [1.82, 2.24) is 10.6 Å². The number of fused-ring (bicyclic) bond motifs is 1. The quantitative estimate of drug-likeness (QED) is 0.300. The molecule has 0 aliphatic carbocycles. The lowest BCUT2D eigenvalue weighted by molar-refractivity contribution is -0.384. The van der Waals surface area contributed by atoms with E-state index in [1.165, 1.54) is 12.1 Å². The third-order valence-corrected chi connectivity index (χ3v) is 4.48. The van der Waals surface area contributed by atoms with Crippen LogP contribution in [0.5, 0.6) is 5.75 Å². The predicted molar refractivity (Wildman–Crippen MR) is 106 cm³/mol. The number of carbonyl (C=O) groups is 2. The SMILES string of the molecule is O=C1NC(=O)C(=Cc2c(OCc3ccc([N+](=O)[O-])cc3)ccc3ccccc23)N1. The first kappa shape index (κ1) is 18.2. The Morgan fingerprint density at radius 2 is 1.72 bits per heavy atom. The van der Waals surface area contributed by atoms with Gasteiger partial charge in [0.25, 0.3) is 11.6 Å². The normalized spacial score (nSPS) is 14.7. The number of hydrogen-bond donors (Lipinski definition) is 2. The molecule has 3 aromatic carbocycles. The average Bonchev–Trinajstić information content (AvgIpc) is 3.04. The Hall–Kier alpha value is -4.20. The van der Waals surface area contributed by atoms with Crippen molar-refractivity contribution >= 4 is 34.5 Å². The zero-order valence-electron chi connectivity index (χ0n) is 15.0. The van der Waals surface area contributed by atoms with Crippen LogP contribution < -0.4 is 15.4 Å². The van der Waals surface area contributed by atoms with Gasteiger partial charge in [0.1, 0.15) is 18.1 Å². The van der Waals surface area contributed by atoms with E-state index in [1.54, 1.807) is 24.3 Å². The highest BCUT2D eigenvalue weighted by atomic mass is 16.6. The molecule has 0 aromatic heterocycles. The lowest BCUT2D eigenvalue weighted by atomic mass is 10.0. The molecule has 3 aromatic rings. The minimum Gasteiger partial charge on any atom is -0.488 e. The molecule has 1 aliphatic heterocycles. The molecule has 0 saturated carbocycles. The highest BCUT2D eigenvalue weighted by molar-refractivity contribution is 6.14. The molecule has 0 spiro atoms. The fraction of sp³-hybridized carbons (Fsp3) is 0.0476. The second kappa shape index (κ2) is 7.43.